The molecule has 7 nitrogen and oxygen atoms in total. The van der Waals surface area contributed by atoms with Crippen LogP contribution in [0.25, 0.3) is 5.70 Å². The Morgan fingerprint density at radius 3 is 2.85 bits per heavy atom. The maximum absolute atomic E-state index is 14.7. The van der Waals surface area contributed by atoms with E-state index < -0.39 is 0 Å². The van der Waals surface area contributed by atoms with Crippen LogP contribution in [0.15, 0.2) is 24.3 Å². The number of aromatic nitrogens is 2. The second-order valence-corrected chi connectivity index (χ2v) is 9.52. The molecule has 1 unspecified atom stereocenters. The zero-order valence-electron chi connectivity index (χ0n) is 19.3. The summed E-state index contributed by atoms with van der Waals surface area (Å²) in [5.74, 6) is 0.0957. The molecule has 3 rings (SSSR count). The Morgan fingerprint density at radius 2 is 2.21 bits per heavy atom. The van der Waals surface area contributed by atoms with Crippen molar-refractivity contribution in [2.45, 2.75) is 71.5 Å². The SMILES string of the molecule is CC(C)(C)N/C(=C/C(=N)Cl)c1nc(CO)c(Cc2cccc(F)c2COC2CCCCO2)[nH]1. The van der Waals surface area contributed by atoms with E-state index in [4.69, 9.17) is 26.5 Å². The predicted octanol–water partition coefficient (Wildman–Crippen LogP) is 4.62. The van der Waals surface area contributed by atoms with Crippen molar-refractivity contribution in [2.24, 2.45) is 0 Å². The van der Waals surface area contributed by atoms with Crippen molar-refractivity contribution in [1.82, 2.24) is 15.3 Å². The summed E-state index contributed by atoms with van der Waals surface area (Å²) in [6.07, 6.45) is 4.31. The van der Waals surface area contributed by atoms with E-state index in [-0.39, 0.29) is 36.0 Å². The van der Waals surface area contributed by atoms with Gasteiger partial charge in [-0.05, 0) is 51.7 Å². The molecule has 1 atom stereocenters. The Labute approximate surface area is 198 Å². The van der Waals surface area contributed by atoms with Crippen LogP contribution in [0.2, 0.25) is 0 Å². The van der Waals surface area contributed by atoms with Gasteiger partial charge in [-0.1, -0.05) is 23.7 Å². The molecular formula is C24H32ClFN4O3. The van der Waals surface area contributed by atoms with E-state index in [9.17, 15) is 9.50 Å². The minimum atomic E-state index is -0.348. The third-order valence-corrected chi connectivity index (χ3v) is 5.29. The molecule has 1 saturated heterocycles. The fraction of sp³-hybridized carbons (Fsp3) is 0.500. The van der Waals surface area contributed by atoms with Gasteiger partial charge in [0.05, 0.1) is 24.6 Å². The molecule has 0 saturated carbocycles. The van der Waals surface area contributed by atoms with Crippen LogP contribution in [0.3, 0.4) is 0 Å². The molecule has 0 amide bonds. The Morgan fingerprint density at radius 1 is 1.42 bits per heavy atom. The summed E-state index contributed by atoms with van der Waals surface area (Å²) in [5.41, 5.74) is 2.50. The molecule has 180 valence electrons. The molecule has 0 spiro atoms. The topological polar surface area (TPSA) is 103 Å². The summed E-state index contributed by atoms with van der Waals surface area (Å²) < 4.78 is 26.1. The molecule has 9 heteroatoms. The molecule has 0 radical (unpaired) electrons. The van der Waals surface area contributed by atoms with Crippen LogP contribution in [0, 0.1) is 11.2 Å². The number of aliphatic hydroxyl groups excluding tert-OH is 1. The van der Waals surface area contributed by atoms with Gasteiger partial charge in [0.15, 0.2) is 12.1 Å². The maximum Gasteiger partial charge on any atom is 0.158 e. The number of nitrogens with zero attached hydrogens (tertiary/aromatic N) is 1. The summed E-state index contributed by atoms with van der Waals surface area (Å²) in [6.45, 7) is 6.40. The molecule has 0 aliphatic carbocycles. The first-order valence-electron chi connectivity index (χ1n) is 11.1. The highest BCUT2D eigenvalue weighted by atomic mass is 35.5. The van der Waals surface area contributed by atoms with Crippen LogP contribution in [0.4, 0.5) is 4.39 Å². The van der Waals surface area contributed by atoms with Crippen molar-refractivity contribution in [3.05, 3.63) is 58.4 Å². The largest absolute Gasteiger partial charge is 0.390 e. The number of aromatic amines is 1. The average molecular weight is 479 g/mol. The minimum absolute atomic E-state index is 0.0995. The first kappa shape index (κ1) is 25.4. The summed E-state index contributed by atoms with van der Waals surface area (Å²) >= 11 is 5.81. The van der Waals surface area contributed by atoms with Gasteiger partial charge < -0.3 is 24.9 Å². The lowest BCUT2D eigenvalue weighted by molar-refractivity contribution is -0.169. The molecule has 0 bridgehead atoms. The zero-order chi connectivity index (χ0) is 24.0. The van der Waals surface area contributed by atoms with E-state index in [0.717, 1.165) is 24.8 Å². The summed E-state index contributed by atoms with van der Waals surface area (Å²) in [6, 6.07) is 4.90. The first-order valence-corrected chi connectivity index (χ1v) is 11.5. The summed E-state index contributed by atoms with van der Waals surface area (Å²) in [5, 5.41) is 20.7. The molecule has 1 aliphatic heterocycles. The monoisotopic (exact) mass is 478 g/mol. The number of allylic oxidation sites excluding steroid dienone is 1. The van der Waals surface area contributed by atoms with Crippen LogP contribution < -0.4 is 5.32 Å². The normalized spacial score (nSPS) is 17.3. The Hall–Kier alpha value is -2.26. The van der Waals surface area contributed by atoms with Crippen molar-refractivity contribution in [3.8, 4) is 0 Å². The van der Waals surface area contributed by atoms with Crippen LogP contribution in [-0.2, 0) is 29.1 Å². The van der Waals surface area contributed by atoms with Crippen LogP contribution >= 0.6 is 11.6 Å². The number of H-pyrrole nitrogens is 1. The molecule has 1 aromatic heterocycles. The molecule has 1 aromatic carbocycles. The first-order chi connectivity index (χ1) is 15.7. The molecule has 1 fully saturated rings. The zero-order valence-corrected chi connectivity index (χ0v) is 20.1. The molecule has 4 N–H and O–H groups in total. The molecular weight excluding hydrogens is 447 g/mol. The van der Waals surface area contributed by atoms with E-state index in [2.05, 4.69) is 15.3 Å². The van der Waals surface area contributed by atoms with Gasteiger partial charge >= 0.3 is 0 Å². The number of rotatable bonds is 9. The van der Waals surface area contributed by atoms with E-state index >= 15 is 0 Å². The van der Waals surface area contributed by atoms with Crippen LogP contribution in [0.1, 0.15) is 68.4 Å². The number of halogens is 2. The van der Waals surface area contributed by atoms with Gasteiger partial charge in [-0.15, -0.1) is 0 Å². The van der Waals surface area contributed by atoms with Crippen molar-refractivity contribution in [3.63, 3.8) is 0 Å². The maximum atomic E-state index is 14.7. The molecule has 1 aliphatic rings. The van der Waals surface area contributed by atoms with Crippen LogP contribution in [0.5, 0.6) is 0 Å². The third-order valence-electron chi connectivity index (χ3n) is 5.18. The Bertz CT molecular complexity index is 994. The van der Waals surface area contributed by atoms with Gasteiger partial charge in [0, 0.05) is 35.9 Å². The number of ether oxygens (including phenoxy) is 2. The summed E-state index contributed by atoms with van der Waals surface area (Å²) in [4.78, 5) is 7.71. The molecule has 2 heterocycles. The number of hydrogen-bond acceptors (Lipinski definition) is 6. The third kappa shape index (κ3) is 7.37. The average Bonchev–Trinajstić information content (AvgIpc) is 3.15. The van der Waals surface area contributed by atoms with Gasteiger partial charge in [-0.3, -0.25) is 5.41 Å². The standard InChI is InChI=1S/C24H32ClFN4O3/c1-24(2,3)30-19(12-21(25)27)23-28-18(20(13-31)29-23)11-15-7-6-8-17(26)16(15)14-33-22-9-4-5-10-32-22/h6-8,12,22,27,30-31H,4-5,9-11,13-14H2,1-3H3,(H,28,29)/b19-12+,27-21?. The highest BCUT2D eigenvalue weighted by molar-refractivity contribution is 6.68. The minimum Gasteiger partial charge on any atom is -0.390 e. The lowest BCUT2D eigenvalue weighted by Gasteiger charge is -2.23. The Balaban J connectivity index is 1.86. The van der Waals surface area contributed by atoms with Gasteiger partial charge in [0.1, 0.15) is 11.0 Å². The highest BCUT2D eigenvalue weighted by Crippen LogP contribution is 2.24. The molecule has 33 heavy (non-hydrogen) atoms. The van der Waals surface area contributed by atoms with E-state index in [1.807, 2.05) is 26.8 Å². The van der Waals surface area contributed by atoms with Gasteiger partial charge in [-0.25, -0.2) is 9.37 Å². The smallest absolute Gasteiger partial charge is 0.158 e. The van der Waals surface area contributed by atoms with E-state index in [1.165, 1.54) is 12.1 Å². The lowest BCUT2D eigenvalue weighted by atomic mass is 10.0. The number of nitrogens with one attached hydrogen (secondary N) is 3. The van der Waals surface area contributed by atoms with Gasteiger partial charge in [-0.2, -0.15) is 0 Å². The van der Waals surface area contributed by atoms with E-state index in [0.29, 0.717) is 41.5 Å². The second-order valence-electron chi connectivity index (χ2n) is 9.11. The fourth-order valence-corrected chi connectivity index (χ4v) is 3.79. The number of benzene rings is 1. The second kappa shape index (κ2) is 11.2. The number of hydrogen-bond donors (Lipinski definition) is 4. The molecule has 2 aromatic rings. The van der Waals surface area contributed by atoms with Crippen molar-refractivity contribution in [2.75, 3.05) is 6.61 Å². The summed E-state index contributed by atoms with van der Waals surface area (Å²) in [7, 11) is 0. The predicted molar refractivity (Wildman–Crippen MR) is 127 cm³/mol. The van der Waals surface area contributed by atoms with Crippen molar-refractivity contribution in [1.29, 1.82) is 5.41 Å². The quantitative estimate of drug-likeness (QED) is 0.394. The fourth-order valence-electron chi connectivity index (χ4n) is 3.68. The Kier molecular flexibility index (Phi) is 8.64. The van der Waals surface area contributed by atoms with Crippen molar-refractivity contribution < 1.29 is 19.0 Å². The van der Waals surface area contributed by atoms with Crippen molar-refractivity contribution >= 4 is 22.5 Å². The van der Waals surface area contributed by atoms with Crippen LogP contribution in [-0.4, -0.2) is 38.7 Å². The highest BCUT2D eigenvalue weighted by Gasteiger charge is 2.21. The number of aliphatic hydroxyl groups is 1. The van der Waals surface area contributed by atoms with E-state index in [1.54, 1.807) is 6.07 Å². The van der Waals surface area contributed by atoms with Gasteiger partial charge in [0.25, 0.3) is 0 Å². The number of imidazole rings is 1. The van der Waals surface area contributed by atoms with Gasteiger partial charge in [0.2, 0.25) is 0 Å². The lowest BCUT2D eigenvalue weighted by Crippen LogP contribution is -2.34.